The van der Waals surface area contributed by atoms with Gasteiger partial charge in [0.15, 0.2) is 0 Å². The van der Waals surface area contributed by atoms with Crippen molar-refractivity contribution in [2.45, 2.75) is 32.8 Å². The molecule has 0 radical (unpaired) electrons. The highest BCUT2D eigenvalue weighted by atomic mass is 19.1. The molecule has 1 aromatic heterocycles. The van der Waals surface area contributed by atoms with Crippen molar-refractivity contribution in [1.82, 2.24) is 4.98 Å². The maximum atomic E-state index is 13.7. The van der Waals surface area contributed by atoms with E-state index in [1.807, 2.05) is 26.8 Å². The van der Waals surface area contributed by atoms with Gasteiger partial charge in [-0.2, -0.15) is 0 Å². The summed E-state index contributed by atoms with van der Waals surface area (Å²) in [4.78, 5) is 3.94. The highest BCUT2D eigenvalue weighted by Crippen LogP contribution is 2.30. The third kappa shape index (κ3) is 2.30. The van der Waals surface area contributed by atoms with Crippen LogP contribution in [0.4, 0.5) is 4.39 Å². The molecular formula is C13H16FNO. The molecule has 0 amide bonds. The van der Waals surface area contributed by atoms with E-state index in [2.05, 4.69) is 4.98 Å². The summed E-state index contributed by atoms with van der Waals surface area (Å²) in [6.07, 6.45) is 4.03. The highest BCUT2D eigenvalue weighted by Gasteiger charge is 2.23. The Hall–Kier alpha value is -1.22. The van der Waals surface area contributed by atoms with Gasteiger partial charge in [0.05, 0.1) is 18.4 Å². The summed E-state index contributed by atoms with van der Waals surface area (Å²) in [7, 11) is 0. The molecule has 86 valence electrons. The zero-order valence-corrected chi connectivity index (χ0v) is 9.88. The van der Waals surface area contributed by atoms with Crippen LogP contribution in [0.5, 0.6) is 0 Å². The van der Waals surface area contributed by atoms with Gasteiger partial charge < -0.3 is 4.74 Å². The zero-order valence-electron chi connectivity index (χ0n) is 9.88. The van der Waals surface area contributed by atoms with Crippen molar-refractivity contribution < 1.29 is 9.13 Å². The Kier molecular flexibility index (Phi) is 2.80. The molecule has 0 spiro atoms. The van der Waals surface area contributed by atoms with Gasteiger partial charge in [0.2, 0.25) is 0 Å². The van der Waals surface area contributed by atoms with Crippen LogP contribution in [-0.4, -0.2) is 17.2 Å². The third-order valence-electron chi connectivity index (χ3n) is 2.71. The second kappa shape index (κ2) is 3.98. The number of aryl methyl sites for hydroxylation is 1. The van der Waals surface area contributed by atoms with Gasteiger partial charge in [0, 0.05) is 11.3 Å². The third-order valence-corrected chi connectivity index (χ3v) is 2.71. The summed E-state index contributed by atoms with van der Waals surface area (Å²) in [5.41, 5.74) is 2.20. The van der Waals surface area contributed by atoms with Gasteiger partial charge in [-0.3, -0.25) is 4.98 Å². The van der Waals surface area contributed by atoms with E-state index >= 15 is 0 Å². The Balaban J connectivity index is 2.44. The Bertz CT molecular complexity index is 438. The number of aromatic nitrogens is 1. The first kappa shape index (κ1) is 11.3. The molecule has 0 N–H and O–H groups in total. The van der Waals surface area contributed by atoms with Crippen molar-refractivity contribution in [3.05, 3.63) is 35.4 Å². The molecule has 16 heavy (non-hydrogen) atoms. The molecule has 1 aliphatic heterocycles. The van der Waals surface area contributed by atoms with Crippen molar-refractivity contribution in [2.24, 2.45) is 0 Å². The predicted molar refractivity (Wildman–Crippen MR) is 61.6 cm³/mol. The van der Waals surface area contributed by atoms with Gasteiger partial charge in [-0.05, 0) is 44.9 Å². The molecule has 1 aliphatic rings. The van der Waals surface area contributed by atoms with Crippen LogP contribution in [0, 0.1) is 12.7 Å². The summed E-state index contributed by atoms with van der Waals surface area (Å²) >= 11 is 0. The lowest BCUT2D eigenvalue weighted by atomic mass is 9.94. The maximum Gasteiger partial charge on any atom is 0.148 e. The standard InChI is InChI=1S/C13H16FNO/c1-9-6-11(12(14)8-15-9)10-4-5-16-13(2,3)7-10/h6-8H,4-5H2,1-3H3. The zero-order chi connectivity index (χ0) is 11.8. The first-order valence-corrected chi connectivity index (χ1v) is 5.46. The molecule has 2 heterocycles. The van der Waals surface area contributed by atoms with Crippen LogP contribution in [0.2, 0.25) is 0 Å². The molecule has 0 unspecified atom stereocenters. The monoisotopic (exact) mass is 221 g/mol. The minimum absolute atomic E-state index is 0.255. The van der Waals surface area contributed by atoms with Crippen molar-refractivity contribution in [1.29, 1.82) is 0 Å². The van der Waals surface area contributed by atoms with Crippen LogP contribution in [0.3, 0.4) is 0 Å². The molecule has 0 saturated heterocycles. The Morgan fingerprint density at radius 3 is 2.88 bits per heavy atom. The molecule has 0 aromatic carbocycles. The van der Waals surface area contributed by atoms with Gasteiger partial charge in [-0.25, -0.2) is 4.39 Å². The fraction of sp³-hybridized carbons (Fsp3) is 0.462. The van der Waals surface area contributed by atoms with E-state index in [1.165, 1.54) is 6.20 Å². The Morgan fingerprint density at radius 1 is 1.44 bits per heavy atom. The molecule has 0 atom stereocenters. The van der Waals surface area contributed by atoms with E-state index in [0.29, 0.717) is 12.2 Å². The molecular weight excluding hydrogens is 205 g/mol. The summed E-state index contributed by atoms with van der Waals surface area (Å²) < 4.78 is 19.2. The number of hydrogen-bond acceptors (Lipinski definition) is 2. The predicted octanol–water partition coefficient (Wildman–Crippen LogP) is 3.11. The van der Waals surface area contributed by atoms with E-state index in [-0.39, 0.29) is 11.4 Å². The summed E-state index contributed by atoms with van der Waals surface area (Å²) in [6.45, 7) is 6.48. The molecule has 2 nitrogen and oxygen atoms in total. The second-order valence-corrected chi connectivity index (χ2v) is 4.68. The van der Waals surface area contributed by atoms with Gasteiger partial charge >= 0.3 is 0 Å². The van der Waals surface area contributed by atoms with Gasteiger partial charge in [-0.1, -0.05) is 0 Å². The van der Waals surface area contributed by atoms with Crippen LogP contribution >= 0.6 is 0 Å². The molecule has 2 rings (SSSR count). The van der Waals surface area contributed by atoms with Crippen LogP contribution < -0.4 is 0 Å². The van der Waals surface area contributed by atoms with Crippen molar-refractivity contribution in [2.75, 3.05) is 6.61 Å². The quantitative estimate of drug-likeness (QED) is 0.727. The van der Waals surface area contributed by atoms with E-state index in [4.69, 9.17) is 4.74 Å². The lowest BCUT2D eigenvalue weighted by molar-refractivity contribution is 0.0164. The first-order valence-electron chi connectivity index (χ1n) is 5.46. The van der Waals surface area contributed by atoms with E-state index in [9.17, 15) is 4.39 Å². The fourth-order valence-electron chi connectivity index (χ4n) is 1.96. The molecule has 1 aromatic rings. The normalized spacial score (nSPS) is 19.4. The highest BCUT2D eigenvalue weighted by molar-refractivity contribution is 5.67. The number of rotatable bonds is 1. The van der Waals surface area contributed by atoms with Crippen LogP contribution in [0.15, 0.2) is 18.3 Å². The number of halogens is 1. The molecule has 0 bridgehead atoms. The summed E-state index contributed by atoms with van der Waals surface area (Å²) in [6, 6.07) is 1.79. The summed E-state index contributed by atoms with van der Waals surface area (Å²) in [5, 5.41) is 0. The number of hydrogen-bond donors (Lipinski definition) is 0. The van der Waals surface area contributed by atoms with E-state index in [0.717, 1.165) is 17.7 Å². The largest absolute Gasteiger partial charge is 0.371 e. The van der Waals surface area contributed by atoms with E-state index < -0.39 is 0 Å². The van der Waals surface area contributed by atoms with Gasteiger partial charge in [-0.15, -0.1) is 0 Å². The van der Waals surface area contributed by atoms with Crippen molar-refractivity contribution in [3.8, 4) is 0 Å². The Morgan fingerprint density at radius 2 is 2.19 bits per heavy atom. The van der Waals surface area contributed by atoms with Crippen LogP contribution in [0.25, 0.3) is 5.57 Å². The van der Waals surface area contributed by atoms with Crippen molar-refractivity contribution >= 4 is 5.57 Å². The molecule has 3 heteroatoms. The molecule has 0 aliphatic carbocycles. The maximum absolute atomic E-state index is 13.7. The number of ether oxygens (including phenoxy) is 1. The average Bonchev–Trinajstić information content (AvgIpc) is 2.20. The minimum atomic E-state index is -0.308. The number of nitrogens with zero attached hydrogens (tertiary/aromatic N) is 1. The van der Waals surface area contributed by atoms with Crippen LogP contribution in [-0.2, 0) is 4.74 Å². The Labute approximate surface area is 95.2 Å². The van der Waals surface area contributed by atoms with Gasteiger partial charge in [0.25, 0.3) is 0 Å². The molecule has 0 saturated carbocycles. The SMILES string of the molecule is Cc1cc(C2=CC(C)(C)OCC2)c(F)cn1. The van der Waals surface area contributed by atoms with Crippen LogP contribution in [0.1, 0.15) is 31.5 Å². The number of pyridine rings is 1. The molecule has 0 fully saturated rings. The smallest absolute Gasteiger partial charge is 0.148 e. The first-order chi connectivity index (χ1) is 7.48. The van der Waals surface area contributed by atoms with Crippen molar-refractivity contribution in [3.63, 3.8) is 0 Å². The second-order valence-electron chi connectivity index (χ2n) is 4.68. The van der Waals surface area contributed by atoms with E-state index in [1.54, 1.807) is 6.07 Å². The lowest BCUT2D eigenvalue weighted by Crippen LogP contribution is -2.26. The lowest BCUT2D eigenvalue weighted by Gasteiger charge is -2.28. The minimum Gasteiger partial charge on any atom is -0.371 e. The summed E-state index contributed by atoms with van der Waals surface area (Å²) in [5.74, 6) is -0.255. The fourth-order valence-corrected chi connectivity index (χ4v) is 1.96. The topological polar surface area (TPSA) is 22.1 Å². The van der Waals surface area contributed by atoms with Gasteiger partial charge in [0.1, 0.15) is 5.82 Å². The average molecular weight is 221 g/mol.